The second-order valence-corrected chi connectivity index (χ2v) is 4.13. The lowest BCUT2D eigenvalue weighted by Crippen LogP contribution is -2.07. The van der Waals surface area contributed by atoms with Crippen LogP contribution in [0.3, 0.4) is 0 Å². The number of anilines is 1. The van der Waals surface area contributed by atoms with Crippen LogP contribution in [0.25, 0.3) is 0 Å². The van der Waals surface area contributed by atoms with Gasteiger partial charge in [-0.3, -0.25) is 10.1 Å². The first kappa shape index (κ1) is 14.4. The summed E-state index contributed by atoms with van der Waals surface area (Å²) in [6.07, 6.45) is 0.872. The number of carboxylic acids is 1. The molecule has 1 aromatic heterocycles. The molecular weight excluding hydrogens is 281 g/mol. The van der Waals surface area contributed by atoms with Gasteiger partial charge in [-0.25, -0.2) is 14.2 Å². The summed E-state index contributed by atoms with van der Waals surface area (Å²) < 4.78 is 13.0. The van der Waals surface area contributed by atoms with Gasteiger partial charge in [0, 0.05) is 12.6 Å². The summed E-state index contributed by atoms with van der Waals surface area (Å²) in [4.78, 5) is 24.6. The third kappa shape index (κ3) is 3.50. The Morgan fingerprint density at radius 2 is 2.19 bits per heavy atom. The van der Waals surface area contributed by atoms with E-state index < -0.39 is 28.0 Å². The number of hydrogen-bond acceptors (Lipinski definition) is 5. The van der Waals surface area contributed by atoms with E-state index in [0.717, 1.165) is 12.3 Å². The minimum atomic E-state index is -1.42. The highest BCUT2D eigenvalue weighted by atomic mass is 19.1. The molecule has 21 heavy (non-hydrogen) atoms. The zero-order valence-corrected chi connectivity index (χ0v) is 10.6. The molecule has 1 heterocycles. The number of nitrogens with one attached hydrogen (secondary N) is 1. The SMILES string of the molecule is O=C(O)c1cc(NCc2cccc(F)c2)ncc1[N+](=O)[O-]. The quantitative estimate of drug-likeness (QED) is 0.647. The molecule has 0 aliphatic rings. The summed E-state index contributed by atoms with van der Waals surface area (Å²) in [5.74, 6) is -1.66. The van der Waals surface area contributed by atoms with Crippen molar-refractivity contribution in [3.8, 4) is 0 Å². The van der Waals surface area contributed by atoms with Gasteiger partial charge < -0.3 is 10.4 Å². The van der Waals surface area contributed by atoms with Crippen molar-refractivity contribution in [2.24, 2.45) is 0 Å². The molecule has 1 aromatic carbocycles. The molecule has 2 rings (SSSR count). The molecule has 0 radical (unpaired) electrons. The van der Waals surface area contributed by atoms with E-state index in [0.29, 0.717) is 5.56 Å². The Kier molecular flexibility index (Phi) is 4.07. The highest BCUT2D eigenvalue weighted by molar-refractivity contribution is 5.93. The van der Waals surface area contributed by atoms with E-state index in [4.69, 9.17) is 5.11 Å². The van der Waals surface area contributed by atoms with Crippen molar-refractivity contribution in [2.75, 3.05) is 5.32 Å². The summed E-state index contributed by atoms with van der Waals surface area (Å²) >= 11 is 0. The highest BCUT2D eigenvalue weighted by Gasteiger charge is 2.20. The molecular formula is C13H10FN3O4. The molecule has 0 saturated carbocycles. The van der Waals surface area contributed by atoms with E-state index >= 15 is 0 Å². The summed E-state index contributed by atoms with van der Waals surface area (Å²) in [6.45, 7) is 0.210. The Labute approximate surface area is 118 Å². The zero-order valence-electron chi connectivity index (χ0n) is 10.6. The average molecular weight is 291 g/mol. The molecule has 108 valence electrons. The fourth-order valence-electron chi connectivity index (χ4n) is 1.70. The number of benzene rings is 1. The molecule has 0 amide bonds. The van der Waals surface area contributed by atoms with Gasteiger partial charge in [0.2, 0.25) is 0 Å². The summed E-state index contributed by atoms with van der Waals surface area (Å²) in [7, 11) is 0. The summed E-state index contributed by atoms with van der Waals surface area (Å²) in [5, 5.41) is 22.4. The second kappa shape index (κ2) is 5.95. The van der Waals surface area contributed by atoms with Crippen molar-refractivity contribution in [3.63, 3.8) is 0 Å². The number of pyridine rings is 1. The number of rotatable bonds is 5. The maximum Gasteiger partial charge on any atom is 0.342 e. The van der Waals surface area contributed by atoms with Crippen molar-refractivity contribution >= 4 is 17.5 Å². The van der Waals surface area contributed by atoms with E-state index in [9.17, 15) is 19.3 Å². The Morgan fingerprint density at radius 3 is 2.81 bits per heavy atom. The second-order valence-electron chi connectivity index (χ2n) is 4.13. The minimum absolute atomic E-state index is 0.155. The standard InChI is InChI=1S/C13H10FN3O4/c14-9-3-1-2-8(4-9)6-15-12-5-10(13(18)19)11(7-16-12)17(20)21/h1-5,7H,6H2,(H,15,16)(H,18,19). The van der Waals surface area contributed by atoms with Crippen LogP contribution < -0.4 is 5.32 Å². The largest absolute Gasteiger partial charge is 0.477 e. The van der Waals surface area contributed by atoms with Gasteiger partial charge in [0.05, 0.1) is 4.92 Å². The normalized spacial score (nSPS) is 10.1. The van der Waals surface area contributed by atoms with Gasteiger partial charge in [-0.2, -0.15) is 0 Å². The predicted octanol–water partition coefficient (Wildman–Crippen LogP) is 2.44. The smallest absolute Gasteiger partial charge is 0.342 e. The van der Waals surface area contributed by atoms with Crippen molar-refractivity contribution in [1.82, 2.24) is 4.98 Å². The molecule has 0 saturated heterocycles. The van der Waals surface area contributed by atoms with E-state index in [1.54, 1.807) is 6.07 Å². The fraction of sp³-hybridized carbons (Fsp3) is 0.0769. The molecule has 2 N–H and O–H groups in total. The third-order valence-corrected chi connectivity index (χ3v) is 2.67. The summed E-state index contributed by atoms with van der Waals surface area (Å²) in [6, 6.07) is 6.91. The topological polar surface area (TPSA) is 105 Å². The lowest BCUT2D eigenvalue weighted by molar-refractivity contribution is -0.385. The first-order valence-electron chi connectivity index (χ1n) is 5.83. The average Bonchev–Trinajstić information content (AvgIpc) is 2.44. The zero-order chi connectivity index (χ0) is 15.4. The number of aromatic nitrogens is 1. The Balaban J connectivity index is 2.19. The van der Waals surface area contributed by atoms with Crippen LogP contribution in [0.4, 0.5) is 15.9 Å². The molecule has 0 aliphatic carbocycles. The summed E-state index contributed by atoms with van der Waals surface area (Å²) in [5.41, 5.74) is -0.414. The minimum Gasteiger partial charge on any atom is -0.477 e. The van der Waals surface area contributed by atoms with Crippen LogP contribution in [0, 0.1) is 15.9 Å². The van der Waals surface area contributed by atoms with Crippen molar-refractivity contribution in [2.45, 2.75) is 6.54 Å². The Hall–Kier alpha value is -3.03. The Morgan fingerprint density at radius 1 is 1.43 bits per heavy atom. The van der Waals surface area contributed by atoms with Gasteiger partial charge in [-0.1, -0.05) is 12.1 Å². The molecule has 0 bridgehead atoms. The molecule has 0 unspecified atom stereocenters. The molecule has 0 fully saturated rings. The molecule has 0 atom stereocenters. The van der Waals surface area contributed by atoms with E-state index in [1.807, 2.05) is 0 Å². The first-order chi connectivity index (χ1) is 9.97. The predicted molar refractivity (Wildman–Crippen MR) is 71.6 cm³/mol. The van der Waals surface area contributed by atoms with Gasteiger partial charge in [0.15, 0.2) is 0 Å². The van der Waals surface area contributed by atoms with Crippen molar-refractivity contribution < 1.29 is 19.2 Å². The fourth-order valence-corrected chi connectivity index (χ4v) is 1.70. The van der Waals surface area contributed by atoms with E-state index in [-0.39, 0.29) is 12.4 Å². The molecule has 7 nitrogen and oxygen atoms in total. The molecule has 8 heteroatoms. The number of halogens is 1. The van der Waals surface area contributed by atoms with Crippen LogP contribution in [0.15, 0.2) is 36.5 Å². The molecule has 0 spiro atoms. The number of carbonyl (C=O) groups is 1. The van der Waals surface area contributed by atoms with Crippen LogP contribution in [0.5, 0.6) is 0 Å². The van der Waals surface area contributed by atoms with E-state index in [1.165, 1.54) is 18.2 Å². The third-order valence-electron chi connectivity index (χ3n) is 2.67. The number of nitrogens with zero attached hydrogens (tertiary/aromatic N) is 2. The number of nitro groups is 1. The van der Waals surface area contributed by atoms with Crippen LogP contribution in [-0.2, 0) is 6.54 Å². The van der Waals surface area contributed by atoms with Gasteiger partial charge in [0.25, 0.3) is 0 Å². The highest BCUT2D eigenvalue weighted by Crippen LogP contribution is 2.20. The van der Waals surface area contributed by atoms with Crippen LogP contribution >= 0.6 is 0 Å². The monoisotopic (exact) mass is 291 g/mol. The van der Waals surface area contributed by atoms with Gasteiger partial charge in [-0.05, 0) is 17.7 Å². The van der Waals surface area contributed by atoms with Gasteiger partial charge >= 0.3 is 11.7 Å². The van der Waals surface area contributed by atoms with Crippen LogP contribution in [0.2, 0.25) is 0 Å². The maximum absolute atomic E-state index is 13.0. The first-order valence-corrected chi connectivity index (χ1v) is 5.83. The number of carboxylic acid groups (broad SMARTS) is 1. The Bertz CT molecular complexity index is 706. The number of hydrogen-bond donors (Lipinski definition) is 2. The number of aromatic carboxylic acids is 1. The van der Waals surface area contributed by atoms with Gasteiger partial charge in [-0.15, -0.1) is 0 Å². The van der Waals surface area contributed by atoms with Gasteiger partial charge in [0.1, 0.15) is 23.4 Å². The van der Waals surface area contributed by atoms with E-state index in [2.05, 4.69) is 10.3 Å². The van der Waals surface area contributed by atoms with Crippen LogP contribution in [0.1, 0.15) is 15.9 Å². The molecule has 0 aliphatic heterocycles. The van der Waals surface area contributed by atoms with Crippen molar-refractivity contribution in [3.05, 3.63) is 63.6 Å². The lowest BCUT2D eigenvalue weighted by atomic mass is 10.2. The lowest BCUT2D eigenvalue weighted by Gasteiger charge is -2.06. The van der Waals surface area contributed by atoms with Crippen LogP contribution in [-0.4, -0.2) is 21.0 Å². The molecule has 2 aromatic rings. The van der Waals surface area contributed by atoms with Crippen molar-refractivity contribution in [1.29, 1.82) is 0 Å². The maximum atomic E-state index is 13.0.